The first-order chi connectivity index (χ1) is 8.19. The third-order valence-electron chi connectivity index (χ3n) is 3.82. The number of hydrogen-bond donors (Lipinski definition) is 3. The Morgan fingerprint density at radius 2 is 2.06 bits per heavy atom. The van der Waals surface area contributed by atoms with Crippen molar-refractivity contribution in [3.63, 3.8) is 0 Å². The van der Waals surface area contributed by atoms with Gasteiger partial charge in [0, 0.05) is 19.3 Å². The highest BCUT2D eigenvalue weighted by Crippen LogP contribution is 2.32. The summed E-state index contributed by atoms with van der Waals surface area (Å²) in [5.41, 5.74) is 4.82. The summed E-state index contributed by atoms with van der Waals surface area (Å²) in [5.74, 6) is -0.126. The quantitative estimate of drug-likeness (QED) is 0.284. The maximum Gasteiger partial charge on any atom is 0.234 e. The summed E-state index contributed by atoms with van der Waals surface area (Å²) in [6.07, 6.45) is 4.15. The van der Waals surface area contributed by atoms with Crippen molar-refractivity contribution in [3.05, 3.63) is 0 Å². The van der Waals surface area contributed by atoms with E-state index in [1.807, 2.05) is 0 Å². The lowest BCUT2D eigenvalue weighted by atomic mass is 9.77. The molecule has 1 aliphatic heterocycles. The number of oxime groups is 1. The third-order valence-corrected chi connectivity index (χ3v) is 3.82. The van der Waals surface area contributed by atoms with E-state index in [1.165, 1.54) is 0 Å². The van der Waals surface area contributed by atoms with Crippen molar-refractivity contribution in [2.24, 2.45) is 16.3 Å². The van der Waals surface area contributed by atoms with E-state index >= 15 is 0 Å². The van der Waals surface area contributed by atoms with Gasteiger partial charge in [-0.15, -0.1) is 0 Å². The van der Waals surface area contributed by atoms with E-state index in [1.54, 1.807) is 0 Å². The van der Waals surface area contributed by atoms with Crippen molar-refractivity contribution >= 4 is 11.7 Å². The largest absolute Gasteiger partial charge is 0.409 e. The molecule has 2 aliphatic rings. The van der Waals surface area contributed by atoms with Crippen molar-refractivity contribution in [2.45, 2.75) is 38.1 Å². The minimum Gasteiger partial charge on any atom is -0.409 e. The molecule has 4 N–H and O–H groups in total. The highest BCUT2D eigenvalue weighted by Gasteiger charge is 2.45. The lowest BCUT2D eigenvalue weighted by Gasteiger charge is -2.37. The molecule has 0 unspecified atom stereocenters. The number of hydrogen-bond acceptors (Lipinski definition) is 4. The van der Waals surface area contributed by atoms with Crippen LogP contribution in [-0.2, 0) is 9.53 Å². The van der Waals surface area contributed by atoms with Crippen molar-refractivity contribution in [3.8, 4) is 0 Å². The minimum atomic E-state index is -0.886. The monoisotopic (exact) mass is 241 g/mol. The fourth-order valence-corrected chi connectivity index (χ4v) is 2.29. The van der Waals surface area contributed by atoms with Crippen molar-refractivity contribution in [1.29, 1.82) is 0 Å². The van der Waals surface area contributed by atoms with Crippen LogP contribution in [0, 0.1) is 5.41 Å². The number of amidine groups is 1. The van der Waals surface area contributed by atoms with E-state index in [-0.39, 0.29) is 17.8 Å². The predicted octanol–water partition coefficient (Wildman–Crippen LogP) is 0.198. The number of amides is 1. The molecule has 0 aromatic carbocycles. The smallest absolute Gasteiger partial charge is 0.234 e. The molecular weight excluding hydrogens is 222 g/mol. The van der Waals surface area contributed by atoms with Gasteiger partial charge in [0.2, 0.25) is 5.91 Å². The van der Waals surface area contributed by atoms with Crippen LogP contribution in [0.4, 0.5) is 0 Å². The molecule has 1 saturated carbocycles. The van der Waals surface area contributed by atoms with Gasteiger partial charge in [0.05, 0.1) is 0 Å². The van der Waals surface area contributed by atoms with Crippen LogP contribution in [0.3, 0.4) is 0 Å². The molecule has 1 saturated heterocycles. The zero-order valence-electron chi connectivity index (χ0n) is 9.82. The second-order valence-corrected chi connectivity index (χ2v) is 4.78. The lowest BCUT2D eigenvalue weighted by molar-refractivity contribution is -0.133. The Balaban J connectivity index is 2.10. The van der Waals surface area contributed by atoms with Crippen LogP contribution < -0.4 is 11.1 Å². The first-order valence-corrected chi connectivity index (χ1v) is 6.06. The molecule has 2 fully saturated rings. The molecule has 0 spiro atoms. The Bertz CT molecular complexity index is 320. The number of carbonyl (C=O) groups is 1. The van der Waals surface area contributed by atoms with Gasteiger partial charge < -0.3 is 21.0 Å². The zero-order valence-corrected chi connectivity index (χ0v) is 9.82. The number of rotatable bonds is 3. The Morgan fingerprint density at radius 1 is 1.41 bits per heavy atom. The number of nitrogens with one attached hydrogen (secondary N) is 1. The summed E-state index contributed by atoms with van der Waals surface area (Å²) in [4.78, 5) is 12.3. The SMILES string of the molecule is N/C(=N/O)C1(C(=O)NC2CCC2)CCOCC1. The van der Waals surface area contributed by atoms with Gasteiger partial charge >= 0.3 is 0 Å². The Hall–Kier alpha value is -1.30. The number of carbonyl (C=O) groups excluding carboxylic acids is 1. The molecule has 0 aromatic heterocycles. The molecule has 0 radical (unpaired) electrons. The van der Waals surface area contributed by atoms with Gasteiger partial charge in [0.15, 0.2) is 5.84 Å². The molecule has 0 atom stereocenters. The second-order valence-electron chi connectivity index (χ2n) is 4.78. The number of nitrogens with zero attached hydrogens (tertiary/aromatic N) is 1. The summed E-state index contributed by atoms with van der Waals surface area (Å²) in [7, 11) is 0. The van der Waals surface area contributed by atoms with Crippen LogP contribution in [-0.4, -0.2) is 36.2 Å². The fourth-order valence-electron chi connectivity index (χ4n) is 2.29. The van der Waals surface area contributed by atoms with E-state index in [0.29, 0.717) is 26.1 Å². The van der Waals surface area contributed by atoms with E-state index in [9.17, 15) is 4.79 Å². The minimum absolute atomic E-state index is 0.00220. The highest BCUT2D eigenvalue weighted by atomic mass is 16.5. The molecule has 1 heterocycles. The maximum absolute atomic E-state index is 12.3. The molecule has 6 heteroatoms. The van der Waals surface area contributed by atoms with Crippen molar-refractivity contribution in [1.82, 2.24) is 5.32 Å². The van der Waals surface area contributed by atoms with Gasteiger partial charge in [-0.1, -0.05) is 5.16 Å². The Kier molecular flexibility index (Phi) is 3.51. The average molecular weight is 241 g/mol. The molecule has 96 valence electrons. The van der Waals surface area contributed by atoms with E-state index < -0.39 is 5.41 Å². The number of nitrogens with two attached hydrogens (primary N) is 1. The van der Waals surface area contributed by atoms with Crippen LogP contribution in [0.15, 0.2) is 5.16 Å². The van der Waals surface area contributed by atoms with Crippen LogP contribution in [0.25, 0.3) is 0 Å². The van der Waals surface area contributed by atoms with Gasteiger partial charge in [0.1, 0.15) is 5.41 Å². The first-order valence-electron chi connectivity index (χ1n) is 6.06. The molecule has 1 amide bonds. The fraction of sp³-hybridized carbons (Fsp3) is 0.818. The summed E-state index contributed by atoms with van der Waals surface area (Å²) in [6, 6.07) is 0.258. The molecule has 1 aliphatic carbocycles. The van der Waals surface area contributed by atoms with Crippen molar-refractivity contribution < 1.29 is 14.7 Å². The molecule has 0 aromatic rings. The van der Waals surface area contributed by atoms with Gasteiger partial charge in [-0.25, -0.2) is 0 Å². The Labute approximate surface area is 100 Å². The van der Waals surface area contributed by atoms with Gasteiger partial charge in [-0.05, 0) is 32.1 Å². The first kappa shape index (κ1) is 12.2. The van der Waals surface area contributed by atoms with Crippen molar-refractivity contribution in [2.75, 3.05) is 13.2 Å². The topological polar surface area (TPSA) is 96.9 Å². The van der Waals surface area contributed by atoms with Gasteiger partial charge in [-0.3, -0.25) is 4.79 Å². The van der Waals surface area contributed by atoms with Crippen LogP contribution in [0.2, 0.25) is 0 Å². The van der Waals surface area contributed by atoms with Gasteiger partial charge in [-0.2, -0.15) is 0 Å². The standard InChI is InChI=1S/C11H19N3O3/c12-9(14-16)11(4-6-17-7-5-11)10(15)13-8-2-1-3-8/h8,16H,1-7H2,(H2,12,14)(H,13,15). The average Bonchev–Trinajstić information content (AvgIpc) is 2.33. The van der Waals surface area contributed by atoms with E-state index in [0.717, 1.165) is 19.3 Å². The third kappa shape index (κ3) is 2.22. The molecule has 0 bridgehead atoms. The lowest BCUT2D eigenvalue weighted by Crippen LogP contribution is -2.55. The van der Waals surface area contributed by atoms with Crippen LogP contribution in [0.5, 0.6) is 0 Å². The molecule has 17 heavy (non-hydrogen) atoms. The summed E-state index contributed by atoms with van der Waals surface area (Å²) >= 11 is 0. The maximum atomic E-state index is 12.3. The van der Waals surface area contributed by atoms with Gasteiger partial charge in [0.25, 0.3) is 0 Å². The summed E-state index contributed by atoms with van der Waals surface area (Å²) in [5, 5.41) is 14.9. The second kappa shape index (κ2) is 4.91. The normalized spacial score (nSPS) is 25.1. The zero-order chi connectivity index (χ0) is 12.3. The van der Waals surface area contributed by atoms with E-state index in [4.69, 9.17) is 15.7 Å². The summed E-state index contributed by atoms with van der Waals surface area (Å²) in [6.45, 7) is 0.933. The Morgan fingerprint density at radius 3 is 2.53 bits per heavy atom. The molecule has 6 nitrogen and oxygen atoms in total. The van der Waals surface area contributed by atoms with Crippen LogP contribution in [0.1, 0.15) is 32.1 Å². The highest BCUT2D eigenvalue weighted by molar-refractivity contribution is 6.06. The number of ether oxygens (including phenoxy) is 1. The molecular formula is C11H19N3O3. The van der Waals surface area contributed by atoms with E-state index in [2.05, 4.69) is 10.5 Å². The molecule has 2 rings (SSSR count). The van der Waals surface area contributed by atoms with Crippen LogP contribution >= 0.6 is 0 Å². The summed E-state index contributed by atoms with van der Waals surface area (Å²) < 4.78 is 5.24. The predicted molar refractivity (Wildman–Crippen MR) is 61.7 cm³/mol.